The maximum Gasteiger partial charge on any atom is 0.277 e. The number of hydrogen-bond donors (Lipinski definition) is 2. The van der Waals surface area contributed by atoms with Gasteiger partial charge in [-0.25, -0.2) is 4.98 Å². The van der Waals surface area contributed by atoms with Crippen molar-refractivity contribution in [2.75, 3.05) is 18.5 Å². The fourth-order valence-corrected chi connectivity index (χ4v) is 3.01. The number of benzene rings is 1. The number of aliphatic hydroxyl groups is 1. The van der Waals surface area contributed by atoms with Gasteiger partial charge in [0.25, 0.3) is 11.8 Å². The minimum Gasteiger partial charge on any atom is -0.395 e. The van der Waals surface area contributed by atoms with Crippen molar-refractivity contribution in [3.05, 3.63) is 66.1 Å². The van der Waals surface area contributed by atoms with E-state index in [1.165, 1.54) is 6.08 Å². The number of imidazole rings is 1. The van der Waals surface area contributed by atoms with Crippen LogP contribution >= 0.6 is 0 Å². The highest BCUT2D eigenvalue weighted by molar-refractivity contribution is 6.17. The van der Waals surface area contributed by atoms with Gasteiger partial charge < -0.3 is 14.8 Å². The minimum atomic E-state index is -0.436. The molecule has 0 saturated heterocycles. The minimum absolute atomic E-state index is 0.00829. The van der Waals surface area contributed by atoms with Crippen molar-refractivity contribution in [1.82, 2.24) is 14.3 Å². The molecule has 1 aliphatic rings. The van der Waals surface area contributed by atoms with Crippen LogP contribution < -0.4 is 5.32 Å². The lowest BCUT2D eigenvalue weighted by Gasteiger charge is -2.13. The van der Waals surface area contributed by atoms with E-state index in [2.05, 4.69) is 10.3 Å². The van der Waals surface area contributed by atoms with Crippen LogP contribution in [0.3, 0.4) is 0 Å². The van der Waals surface area contributed by atoms with Gasteiger partial charge in [-0.05, 0) is 36.8 Å². The number of aliphatic hydroxyl groups excluding tert-OH is 1. The van der Waals surface area contributed by atoms with Crippen molar-refractivity contribution >= 4 is 23.1 Å². The Labute approximate surface area is 155 Å². The number of fused-ring (bicyclic) bond motifs is 1. The first-order chi connectivity index (χ1) is 13.0. The molecule has 0 unspecified atom stereocenters. The number of aryl methyl sites for hydroxylation is 1. The lowest BCUT2D eigenvalue weighted by atomic mass is 10.1. The number of pyridine rings is 1. The third-order valence-corrected chi connectivity index (χ3v) is 4.41. The predicted octanol–water partition coefficient (Wildman–Crippen LogP) is 1.97. The number of rotatable bonds is 5. The summed E-state index contributed by atoms with van der Waals surface area (Å²) in [5, 5.41) is 11.9. The van der Waals surface area contributed by atoms with Crippen molar-refractivity contribution < 1.29 is 14.7 Å². The van der Waals surface area contributed by atoms with Crippen LogP contribution in [0.4, 0.5) is 5.69 Å². The van der Waals surface area contributed by atoms with E-state index in [0.717, 1.165) is 27.4 Å². The first-order valence-corrected chi connectivity index (χ1v) is 8.56. The molecule has 0 spiro atoms. The van der Waals surface area contributed by atoms with Gasteiger partial charge in [0.15, 0.2) is 0 Å². The molecule has 7 heteroatoms. The smallest absolute Gasteiger partial charge is 0.277 e. The van der Waals surface area contributed by atoms with E-state index in [9.17, 15) is 9.59 Å². The monoisotopic (exact) mass is 362 g/mol. The van der Waals surface area contributed by atoms with E-state index in [-0.39, 0.29) is 18.8 Å². The zero-order valence-corrected chi connectivity index (χ0v) is 14.7. The second-order valence-electron chi connectivity index (χ2n) is 6.37. The van der Waals surface area contributed by atoms with E-state index in [1.54, 1.807) is 0 Å². The number of β-amino-alcohol motifs (C(OH)–C–C–N with tert-alkyl or cyclic N) is 1. The largest absolute Gasteiger partial charge is 0.395 e. The molecule has 0 aliphatic carbocycles. The van der Waals surface area contributed by atoms with Crippen molar-refractivity contribution in [2.24, 2.45) is 0 Å². The topological polar surface area (TPSA) is 86.9 Å². The quantitative estimate of drug-likeness (QED) is 0.678. The molecule has 0 bridgehead atoms. The number of anilines is 1. The fourth-order valence-electron chi connectivity index (χ4n) is 3.01. The maximum atomic E-state index is 12.2. The molecule has 2 aromatic heterocycles. The average Bonchev–Trinajstić information content (AvgIpc) is 3.18. The van der Waals surface area contributed by atoms with Gasteiger partial charge in [-0.1, -0.05) is 12.1 Å². The number of nitrogens with one attached hydrogen (secondary N) is 1. The van der Waals surface area contributed by atoms with E-state index in [0.29, 0.717) is 5.69 Å². The van der Waals surface area contributed by atoms with E-state index in [4.69, 9.17) is 5.11 Å². The molecule has 0 fully saturated rings. The molecule has 0 radical (unpaired) electrons. The molecule has 7 nitrogen and oxygen atoms in total. The normalized spacial score (nSPS) is 14.1. The van der Waals surface area contributed by atoms with Crippen LogP contribution in [-0.4, -0.2) is 44.4 Å². The Morgan fingerprint density at radius 3 is 2.67 bits per heavy atom. The fraction of sp³-hybridized carbons (Fsp3) is 0.150. The summed E-state index contributed by atoms with van der Waals surface area (Å²) < 4.78 is 1.97. The molecule has 2 amide bonds. The number of nitrogens with zero attached hydrogens (tertiary/aromatic N) is 3. The summed E-state index contributed by atoms with van der Waals surface area (Å²) in [4.78, 5) is 29.6. The summed E-state index contributed by atoms with van der Waals surface area (Å²) in [6, 6.07) is 11.5. The first kappa shape index (κ1) is 17.0. The van der Waals surface area contributed by atoms with Gasteiger partial charge in [-0.3, -0.25) is 14.5 Å². The Kier molecular flexibility index (Phi) is 4.21. The standard InChI is InChI=1S/C20H18N4O3/c1-13-6-7-23-12-17(22-18(23)10-13)14-2-4-15(5-3-14)21-16-11-19(26)24(8-9-25)20(16)27/h2-7,10-12,21,25H,8-9H2,1H3. The maximum absolute atomic E-state index is 12.2. The van der Waals surface area contributed by atoms with Crippen molar-refractivity contribution in [2.45, 2.75) is 6.92 Å². The van der Waals surface area contributed by atoms with Gasteiger partial charge in [0.1, 0.15) is 11.3 Å². The summed E-state index contributed by atoms with van der Waals surface area (Å²) in [5.41, 5.74) is 4.73. The Morgan fingerprint density at radius 2 is 1.93 bits per heavy atom. The van der Waals surface area contributed by atoms with Crippen LogP contribution in [-0.2, 0) is 9.59 Å². The van der Waals surface area contributed by atoms with Gasteiger partial charge in [-0.15, -0.1) is 0 Å². The highest BCUT2D eigenvalue weighted by atomic mass is 16.3. The van der Waals surface area contributed by atoms with Gasteiger partial charge in [-0.2, -0.15) is 0 Å². The molecule has 0 saturated carbocycles. The molecular weight excluding hydrogens is 344 g/mol. The van der Waals surface area contributed by atoms with Crippen LogP contribution in [0.2, 0.25) is 0 Å². The lowest BCUT2D eigenvalue weighted by molar-refractivity contribution is -0.137. The third kappa shape index (κ3) is 3.20. The van der Waals surface area contributed by atoms with Crippen LogP contribution in [0.25, 0.3) is 16.9 Å². The number of imide groups is 1. The van der Waals surface area contributed by atoms with Crippen LogP contribution in [0.15, 0.2) is 60.6 Å². The van der Waals surface area contributed by atoms with E-state index >= 15 is 0 Å². The molecule has 136 valence electrons. The second kappa shape index (κ2) is 6.69. The van der Waals surface area contributed by atoms with Gasteiger partial charge in [0.05, 0.1) is 18.8 Å². The van der Waals surface area contributed by atoms with E-state index < -0.39 is 11.8 Å². The number of hydrogen-bond acceptors (Lipinski definition) is 5. The second-order valence-corrected chi connectivity index (χ2v) is 6.37. The zero-order chi connectivity index (χ0) is 19.0. The summed E-state index contributed by atoms with van der Waals surface area (Å²) in [6.45, 7) is 1.76. The van der Waals surface area contributed by atoms with Gasteiger partial charge >= 0.3 is 0 Å². The Bertz CT molecular complexity index is 1070. The Morgan fingerprint density at radius 1 is 1.15 bits per heavy atom. The predicted molar refractivity (Wildman–Crippen MR) is 101 cm³/mol. The van der Waals surface area contributed by atoms with Gasteiger partial charge in [0.2, 0.25) is 0 Å². The average molecular weight is 362 g/mol. The highest BCUT2D eigenvalue weighted by Crippen LogP contribution is 2.23. The summed E-state index contributed by atoms with van der Waals surface area (Å²) in [5.74, 6) is -0.859. The molecule has 3 heterocycles. The summed E-state index contributed by atoms with van der Waals surface area (Å²) in [6.07, 6.45) is 5.19. The van der Waals surface area contributed by atoms with Crippen LogP contribution in [0, 0.1) is 6.92 Å². The van der Waals surface area contributed by atoms with Crippen LogP contribution in [0.1, 0.15) is 5.56 Å². The summed E-state index contributed by atoms with van der Waals surface area (Å²) in [7, 11) is 0. The molecule has 0 atom stereocenters. The molecule has 4 rings (SSSR count). The number of carbonyl (C=O) groups is 2. The van der Waals surface area contributed by atoms with Crippen molar-refractivity contribution in [1.29, 1.82) is 0 Å². The van der Waals surface area contributed by atoms with Gasteiger partial charge in [0, 0.05) is 29.7 Å². The van der Waals surface area contributed by atoms with Crippen LogP contribution in [0.5, 0.6) is 0 Å². The number of carbonyl (C=O) groups excluding carboxylic acids is 2. The highest BCUT2D eigenvalue weighted by Gasteiger charge is 2.30. The molecule has 3 aromatic rings. The number of amides is 2. The van der Waals surface area contributed by atoms with E-state index in [1.807, 2.05) is 60.1 Å². The SMILES string of the molecule is Cc1ccn2cc(-c3ccc(NC4=CC(=O)N(CCO)C4=O)cc3)nc2c1. The molecule has 2 N–H and O–H groups in total. The zero-order valence-electron chi connectivity index (χ0n) is 14.7. The first-order valence-electron chi connectivity index (χ1n) is 8.56. The third-order valence-electron chi connectivity index (χ3n) is 4.41. The number of aromatic nitrogens is 2. The molecular formula is C20H18N4O3. The Balaban J connectivity index is 1.53. The molecule has 1 aromatic carbocycles. The lowest BCUT2D eigenvalue weighted by Crippen LogP contribution is -2.34. The molecule has 27 heavy (non-hydrogen) atoms. The van der Waals surface area contributed by atoms with Crippen molar-refractivity contribution in [3.63, 3.8) is 0 Å². The Hall–Kier alpha value is -3.45. The molecule has 1 aliphatic heterocycles. The summed E-state index contributed by atoms with van der Waals surface area (Å²) >= 11 is 0. The van der Waals surface area contributed by atoms with Crippen molar-refractivity contribution in [3.8, 4) is 11.3 Å².